The lowest BCUT2D eigenvalue weighted by Gasteiger charge is -2.12. The van der Waals surface area contributed by atoms with Crippen LogP contribution in [0.1, 0.15) is 12.3 Å². The molecule has 0 spiro atoms. The molecule has 2 heterocycles. The van der Waals surface area contributed by atoms with Crippen LogP contribution in [0.25, 0.3) is 83.9 Å². The Kier molecular flexibility index (Phi) is 5.11. The van der Waals surface area contributed by atoms with Gasteiger partial charge in [-0.15, -0.1) is 0 Å². The second-order valence-corrected chi connectivity index (χ2v) is 11.4. The van der Waals surface area contributed by atoms with Crippen LogP contribution in [0.3, 0.4) is 0 Å². The predicted octanol–water partition coefficient (Wildman–Crippen LogP) is 11.3. The molecule has 0 fully saturated rings. The SMILES string of the molecule is [2H]c1c([2H])c([2H])c(-c2cccc3c2c2c([2H])c([2H])c([2H])c([2H])c2n3-c2nc(-c3ccc(-c4ccccc4)cc3)nc(-c3cccc(-c4ccccc4)c3)n2)c([2H])c1[2H]. The molecule has 0 saturated carbocycles. The van der Waals surface area contributed by atoms with Crippen molar-refractivity contribution in [2.24, 2.45) is 0 Å². The highest BCUT2D eigenvalue weighted by Gasteiger charge is 2.20. The molecule has 0 N–H and O–H groups in total. The number of hydrogen-bond donors (Lipinski definition) is 0. The molecule has 9 aromatic rings. The first-order chi connectivity index (χ1) is 28.0. The van der Waals surface area contributed by atoms with E-state index in [0.29, 0.717) is 28.3 Å². The van der Waals surface area contributed by atoms with E-state index in [1.807, 2.05) is 109 Å². The molecule has 9 rings (SSSR count). The van der Waals surface area contributed by atoms with E-state index < -0.39 is 42.3 Å². The lowest BCUT2D eigenvalue weighted by Crippen LogP contribution is -2.06. The van der Waals surface area contributed by atoms with Crippen LogP contribution in [0.2, 0.25) is 0 Å². The normalized spacial score (nSPS) is 13.8. The molecule has 7 aromatic carbocycles. The fraction of sp³-hybridized carbons (Fsp3) is 0. The zero-order valence-electron chi connectivity index (χ0n) is 34.9. The Labute approximate surface area is 297 Å². The third-order valence-electron chi connectivity index (χ3n) is 8.50. The van der Waals surface area contributed by atoms with Crippen molar-refractivity contribution in [1.82, 2.24) is 19.5 Å². The molecular formula is C45H30N4. The molecule has 4 nitrogen and oxygen atoms in total. The van der Waals surface area contributed by atoms with Gasteiger partial charge in [-0.25, -0.2) is 4.98 Å². The molecule has 0 radical (unpaired) electrons. The summed E-state index contributed by atoms with van der Waals surface area (Å²) in [7, 11) is 0. The Morgan fingerprint density at radius 2 is 0.980 bits per heavy atom. The van der Waals surface area contributed by atoms with Gasteiger partial charge >= 0.3 is 0 Å². The Morgan fingerprint density at radius 1 is 0.408 bits per heavy atom. The minimum Gasteiger partial charge on any atom is -0.278 e. The molecule has 0 unspecified atom stereocenters. The van der Waals surface area contributed by atoms with Gasteiger partial charge in [0.05, 0.1) is 23.4 Å². The molecule has 0 atom stereocenters. The van der Waals surface area contributed by atoms with Crippen LogP contribution in [0, 0.1) is 0 Å². The van der Waals surface area contributed by atoms with Gasteiger partial charge in [-0.3, -0.25) is 4.57 Å². The molecule has 0 saturated heterocycles. The Morgan fingerprint density at radius 3 is 1.73 bits per heavy atom. The van der Waals surface area contributed by atoms with Crippen molar-refractivity contribution in [1.29, 1.82) is 0 Å². The minimum atomic E-state index is -0.548. The standard InChI is InChI=1S/C45H30N4/c1-4-14-31(15-5-1)33-26-28-35(29-27-33)43-46-44(37-21-12-20-36(30-37)32-16-6-2-7-17-32)48-45(47-43)49-40-24-11-10-22-39(40)42-38(23-13-25-41(42)49)34-18-8-3-9-19-34/h1-30H/i3D,8D,9D,10D,11D,18D,19D,22D,24D. The number of rotatable bonds is 6. The van der Waals surface area contributed by atoms with Crippen LogP contribution in [0.4, 0.5) is 0 Å². The molecule has 0 bridgehead atoms. The van der Waals surface area contributed by atoms with Crippen molar-refractivity contribution in [3.05, 3.63) is 182 Å². The second kappa shape index (κ2) is 12.2. The van der Waals surface area contributed by atoms with Crippen LogP contribution in [0.5, 0.6) is 0 Å². The van der Waals surface area contributed by atoms with Crippen LogP contribution in [-0.4, -0.2) is 19.5 Å². The topological polar surface area (TPSA) is 43.6 Å². The molecule has 0 aliphatic rings. The zero-order valence-corrected chi connectivity index (χ0v) is 25.9. The number of benzene rings is 7. The maximum Gasteiger partial charge on any atom is 0.238 e. The first kappa shape index (κ1) is 20.6. The van der Waals surface area contributed by atoms with E-state index in [1.165, 1.54) is 0 Å². The summed E-state index contributed by atoms with van der Waals surface area (Å²) in [5.74, 6) is 0.672. The van der Waals surface area contributed by atoms with Gasteiger partial charge < -0.3 is 0 Å². The molecule has 0 aliphatic heterocycles. The average molecular weight is 636 g/mol. The van der Waals surface area contributed by atoms with Gasteiger partial charge in [-0.2, -0.15) is 9.97 Å². The fourth-order valence-corrected chi connectivity index (χ4v) is 6.20. The Balaban J connectivity index is 1.37. The number of para-hydroxylation sites is 1. The lowest BCUT2D eigenvalue weighted by atomic mass is 9.99. The number of aromatic nitrogens is 4. The zero-order chi connectivity index (χ0) is 40.4. The van der Waals surface area contributed by atoms with Crippen molar-refractivity contribution in [3.8, 4) is 62.1 Å². The van der Waals surface area contributed by atoms with E-state index in [1.54, 1.807) is 22.8 Å². The molecular weight excluding hydrogens is 597 g/mol. The van der Waals surface area contributed by atoms with Crippen molar-refractivity contribution >= 4 is 21.8 Å². The van der Waals surface area contributed by atoms with E-state index in [0.717, 1.165) is 22.3 Å². The van der Waals surface area contributed by atoms with Crippen molar-refractivity contribution in [2.75, 3.05) is 0 Å². The van der Waals surface area contributed by atoms with Crippen molar-refractivity contribution in [3.63, 3.8) is 0 Å². The van der Waals surface area contributed by atoms with Gasteiger partial charge in [0.2, 0.25) is 5.95 Å². The summed E-state index contributed by atoms with van der Waals surface area (Å²) in [6.07, 6.45) is 0. The summed E-state index contributed by atoms with van der Waals surface area (Å²) in [6.45, 7) is 0. The largest absolute Gasteiger partial charge is 0.278 e. The lowest BCUT2D eigenvalue weighted by molar-refractivity contribution is 0.953. The van der Waals surface area contributed by atoms with E-state index >= 15 is 0 Å². The average Bonchev–Trinajstić information content (AvgIpc) is 3.63. The van der Waals surface area contributed by atoms with Gasteiger partial charge in [-0.05, 0) is 51.6 Å². The third-order valence-corrected chi connectivity index (χ3v) is 8.50. The summed E-state index contributed by atoms with van der Waals surface area (Å²) in [6, 6.07) is 36.2. The van der Waals surface area contributed by atoms with E-state index in [4.69, 9.17) is 25.9 Å². The summed E-state index contributed by atoms with van der Waals surface area (Å²) in [4.78, 5) is 15.0. The van der Waals surface area contributed by atoms with Crippen LogP contribution < -0.4 is 0 Å². The second-order valence-electron chi connectivity index (χ2n) is 11.4. The van der Waals surface area contributed by atoms with E-state index in [9.17, 15) is 1.37 Å². The monoisotopic (exact) mass is 635 g/mol. The van der Waals surface area contributed by atoms with Crippen LogP contribution in [-0.2, 0) is 0 Å². The molecule has 0 aliphatic carbocycles. The highest BCUT2D eigenvalue weighted by molar-refractivity contribution is 6.15. The predicted molar refractivity (Wildman–Crippen MR) is 201 cm³/mol. The number of nitrogens with zero attached hydrogens (tertiary/aromatic N) is 4. The summed E-state index contributed by atoms with van der Waals surface area (Å²) < 4.78 is 80.0. The minimum absolute atomic E-state index is 0.0560. The van der Waals surface area contributed by atoms with Gasteiger partial charge in [-0.1, -0.05) is 164 Å². The maximum atomic E-state index is 9.23. The maximum absolute atomic E-state index is 9.23. The highest BCUT2D eigenvalue weighted by atomic mass is 15.2. The highest BCUT2D eigenvalue weighted by Crippen LogP contribution is 2.38. The third kappa shape index (κ3) is 5.26. The number of hydrogen-bond acceptors (Lipinski definition) is 3. The molecule has 230 valence electrons. The molecule has 4 heteroatoms. The van der Waals surface area contributed by atoms with Crippen molar-refractivity contribution in [2.45, 2.75) is 0 Å². The number of fused-ring (bicyclic) bond motifs is 3. The summed E-state index contributed by atoms with van der Waals surface area (Å²) in [5.41, 5.74) is 5.80. The quantitative estimate of drug-likeness (QED) is 0.183. The van der Waals surface area contributed by atoms with E-state index in [-0.39, 0.29) is 45.4 Å². The van der Waals surface area contributed by atoms with Crippen molar-refractivity contribution < 1.29 is 12.3 Å². The van der Waals surface area contributed by atoms with Crippen LogP contribution in [0.15, 0.2) is 182 Å². The Hall–Kier alpha value is -6.65. The summed E-state index contributed by atoms with van der Waals surface area (Å²) in [5, 5.41) is 0.343. The summed E-state index contributed by atoms with van der Waals surface area (Å²) >= 11 is 0. The van der Waals surface area contributed by atoms with Gasteiger partial charge in [0.15, 0.2) is 11.6 Å². The smallest absolute Gasteiger partial charge is 0.238 e. The molecule has 0 amide bonds. The molecule has 49 heavy (non-hydrogen) atoms. The van der Waals surface area contributed by atoms with Gasteiger partial charge in [0.25, 0.3) is 0 Å². The van der Waals surface area contributed by atoms with Crippen LogP contribution >= 0.6 is 0 Å². The van der Waals surface area contributed by atoms with Gasteiger partial charge in [0.1, 0.15) is 0 Å². The van der Waals surface area contributed by atoms with E-state index in [2.05, 4.69) is 0 Å². The van der Waals surface area contributed by atoms with Gasteiger partial charge in [0, 0.05) is 21.9 Å². The fourth-order valence-electron chi connectivity index (χ4n) is 6.20. The molecule has 2 aromatic heterocycles. The first-order valence-electron chi connectivity index (χ1n) is 20.2. The Bertz CT molecular complexity index is 3070. The first-order valence-corrected chi connectivity index (χ1v) is 15.7.